The monoisotopic (exact) mass is 216 g/mol. The Labute approximate surface area is 95.9 Å². The maximum Gasteiger partial charge on any atom is 0.0995 e. The predicted molar refractivity (Wildman–Crippen MR) is 61.7 cm³/mol. The summed E-state index contributed by atoms with van der Waals surface area (Å²) in [5.74, 6) is 0. The highest BCUT2D eigenvalue weighted by Gasteiger charge is 2.18. The van der Waals surface area contributed by atoms with Crippen LogP contribution in [-0.2, 0) is 6.54 Å². The summed E-state index contributed by atoms with van der Waals surface area (Å²) in [7, 11) is 0. The largest absolute Gasteiger partial charge is 0.392 e. The quantitative estimate of drug-likeness (QED) is 0.815. The van der Waals surface area contributed by atoms with E-state index in [1.165, 1.54) is 0 Å². The molecule has 1 unspecified atom stereocenters. The molecule has 3 nitrogen and oxygen atoms in total. The summed E-state index contributed by atoms with van der Waals surface area (Å²) in [6, 6.07) is 9.87. The second kappa shape index (κ2) is 5.11. The van der Waals surface area contributed by atoms with Gasteiger partial charge in [0.25, 0.3) is 0 Å². The fourth-order valence-electron chi connectivity index (χ4n) is 2.18. The second-order valence-corrected chi connectivity index (χ2v) is 4.30. The third-order valence-corrected chi connectivity index (χ3v) is 3.01. The third kappa shape index (κ3) is 2.60. The molecule has 1 heterocycles. The van der Waals surface area contributed by atoms with Gasteiger partial charge in [-0.05, 0) is 31.0 Å². The number of aliphatic hydroxyl groups is 1. The Bertz CT molecular complexity index is 397. The Kier molecular flexibility index (Phi) is 3.55. The van der Waals surface area contributed by atoms with E-state index in [1.807, 2.05) is 24.3 Å². The number of likely N-dealkylation sites (tertiary alicyclic amines) is 1. The van der Waals surface area contributed by atoms with E-state index in [4.69, 9.17) is 5.26 Å². The van der Waals surface area contributed by atoms with E-state index in [0.29, 0.717) is 0 Å². The minimum Gasteiger partial charge on any atom is -0.392 e. The molecular weight excluding hydrogens is 200 g/mol. The van der Waals surface area contributed by atoms with Gasteiger partial charge in [0.1, 0.15) is 0 Å². The first-order valence-corrected chi connectivity index (χ1v) is 5.68. The highest BCUT2D eigenvalue weighted by Crippen LogP contribution is 2.15. The van der Waals surface area contributed by atoms with Gasteiger partial charge < -0.3 is 5.11 Å². The molecule has 1 fully saturated rings. The number of nitrogens with zero attached hydrogens (tertiary/aromatic N) is 2. The van der Waals surface area contributed by atoms with E-state index >= 15 is 0 Å². The molecule has 1 aromatic carbocycles. The van der Waals surface area contributed by atoms with Gasteiger partial charge in [-0.15, -0.1) is 0 Å². The highest BCUT2D eigenvalue weighted by molar-refractivity contribution is 5.37. The first kappa shape index (κ1) is 11.1. The molecule has 1 atom stereocenters. The predicted octanol–water partition coefficient (Wildman–Crippen LogP) is 1.51. The molecule has 16 heavy (non-hydrogen) atoms. The molecule has 0 bridgehead atoms. The van der Waals surface area contributed by atoms with Crippen LogP contribution < -0.4 is 0 Å². The zero-order valence-electron chi connectivity index (χ0n) is 9.26. The van der Waals surface area contributed by atoms with Crippen LogP contribution in [0.5, 0.6) is 0 Å². The summed E-state index contributed by atoms with van der Waals surface area (Å²) in [6.45, 7) is 2.50. The minimum absolute atomic E-state index is 0.206. The van der Waals surface area contributed by atoms with Crippen molar-refractivity contribution in [3.8, 4) is 6.07 Å². The topological polar surface area (TPSA) is 47.3 Å². The number of hydrogen-bond donors (Lipinski definition) is 1. The molecule has 1 saturated heterocycles. The molecule has 1 N–H and O–H groups in total. The van der Waals surface area contributed by atoms with Gasteiger partial charge in [-0.25, -0.2) is 0 Å². The van der Waals surface area contributed by atoms with Gasteiger partial charge >= 0.3 is 0 Å². The summed E-state index contributed by atoms with van der Waals surface area (Å²) >= 11 is 0. The molecule has 1 aromatic rings. The van der Waals surface area contributed by atoms with Crippen LogP contribution in [0.4, 0.5) is 0 Å². The number of benzene rings is 1. The van der Waals surface area contributed by atoms with Crippen molar-refractivity contribution in [1.82, 2.24) is 4.90 Å². The molecule has 0 amide bonds. The van der Waals surface area contributed by atoms with Crippen molar-refractivity contribution in [3.63, 3.8) is 0 Å². The lowest BCUT2D eigenvalue weighted by Gasteiger charge is -2.30. The molecule has 84 valence electrons. The summed E-state index contributed by atoms with van der Waals surface area (Å²) in [6.07, 6.45) is 1.73. The second-order valence-electron chi connectivity index (χ2n) is 4.30. The molecule has 0 aromatic heterocycles. The van der Waals surface area contributed by atoms with E-state index < -0.39 is 0 Å². The van der Waals surface area contributed by atoms with Crippen molar-refractivity contribution in [3.05, 3.63) is 35.4 Å². The van der Waals surface area contributed by atoms with Crippen molar-refractivity contribution in [2.24, 2.45) is 0 Å². The van der Waals surface area contributed by atoms with Gasteiger partial charge in [-0.1, -0.05) is 18.2 Å². The number of hydrogen-bond acceptors (Lipinski definition) is 3. The number of piperidine rings is 1. The molecule has 1 aliphatic heterocycles. The number of aliphatic hydroxyl groups excluding tert-OH is 1. The van der Waals surface area contributed by atoms with Crippen molar-refractivity contribution >= 4 is 0 Å². The fourth-order valence-corrected chi connectivity index (χ4v) is 2.18. The van der Waals surface area contributed by atoms with Gasteiger partial charge in [0.05, 0.1) is 17.7 Å². The lowest BCUT2D eigenvalue weighted by molar-refractivity contribution is 0.0668. The maximum atomic E-state index is 9.58. The van der Waals surface area contributed by atoms with Crippen LogP contribution in [0.25, 0.3) is 0 Å². The summed E-state index contributed by atoms with van der Waals surface area (Å²) < 4.78 is 0. The van der Waals surface area contributed by atoms with Gasteiger partial charge in [0.2, 0.25) is 0 Å². The Morgan fingerprint density at radius 1 is 1.44 bits per heavy atom. The van der Waals surface area contributed by atoms with Crippen LogP contribution in [0.2, 0.25) is 0 Å². The SMILES string of the molecule is N#Cc1ccccc1CN1CCCC(O)C1. The standard InChI is InChI=1S/C13H16N2O/c14-8-11-4-1-2-5-12(11)9-15-7-3-6-13(16)10-15/h1-2,4-5,13,16H,3,6-7,9-10H2. The Morgan fingerprint density at radius 2 is 2.25 bits per heavy atom. The molecule has 0 aliphatic carbocycles. The Balaban J connectivity index is 2.06. The highest BCUT2D eigenvalue weighted by atomic mass is 16.3. The zero-order valence-corrected chi connectivity index (χ0v) is 9.26. The first-order chi connectivity index (χ1) is 7.79. The van der Waals surface area contributed by atoms with E-state index in [9.17, 15) is 5.11 Å². The van der Waals surface area contributed by atoms with Crippen LogP contribution >= 0.6 is 0 Å². The van der Waals surface area contributed by atoms with Crippen LogP contribution in [0.15, 0.2) is 24.3 Å². The number of rotatable bonds is 2. The molecule has 2 rings (SSSR count). The first-order valence-electron chi connectivity index (χ1n) is 5.68. The van der Waals surface area contributed by atoms with Gasteiger partial charge in [-0.3, -0.25) is 4.90 Å². The maximum absolute atomic E-state index is 9.58. The zero-order chi connectivity index (χ0) is 11.4. The van der Waals surface area contributed by atoms with E-state index in [2.05, 4.69) is 11.0 Å². The van der Waals surface area contributed by atoms with Crippen molar-refractivity contribution < 1.29 is 5.11 Å². The lowest BCUT2D eigenvalue weighted by atomic mass is 10.0. The van der Waals surface area contributed by atoms with Crippen LogP contribution in [0.3, 0.4) is 0 Å². The molecule has 0 saturated carbocycles. The van der Waals surface area contributed by atoms with Crippen LogP contribution in [-0.4, -0.2) is 29.2 Å². The molecule has 1 aliphatic rings. The van der Waals surface area contributed by atoms with Crippen LogP contribution in [0.1, 0.15) is 24.0 Å². The van der Waals surface area contributed by atoms with Gasteiger partial charge in [0, 0.05) is 13.1 Å². The average Bonchev–Trinajstić information content (AvgIpc) is 2.30. The van der Waals surface area contributed by atoms with Crippen molar-refractivity contribution in [2.45, 2.75) is 25.5 Å². The lowest BCUT2D eigenvalue weighted by Crippen LogP contribution is -2.37. The summed E-state index contributed by atoms with van der Waals surface area (Å²) in [5.41, 5.74) is 1.79. The summed E-state index contributed by atoms with van der Waals surface area (Å²) in [4.78, 5) is 2.21. The summed E-state index contributed by atoms with van der Waals surface area (Å²) in [5, 5.41) is 18.6. The molecule has 0 spiro atoms. The molecular formula is C13H16N2O. The van der Waals surface area contributed by atoms with E-state index in [-0.39, 0.29) is 6.10 Å². The average molecular weight is 216 g/mol. The fraction of sp³-hybridized carbons (Fsp3) is 0.462. The molecule has 0 radical (unpaired) electrons. The third-order valence-electron chi connectivity index (χ3n) is 3.01. The van der Waals surface area contributed by atoms with Crippen LogP contribution in [0, 0.1) is 11.3 Å². The number of nitriles is 1. The Morgan fingerprint density at radius 3 is 3.00 bits per heavy atom. The number of β-amino-alcohol motifs (C(OH)–C–C–N with tert-alkyl or cyclic N) is 1. The van der Waals surface area contributed by atoms with Crippen molar-refractivity contribution in [1.29, 1.82) is 5.26 Å². The van der Waals surface area contributed by atoms with Gasteiger partial charge in [-0.2, -0.15) is 5.26 Å². The van der Waals surface area contributed by atoms with E-state index in [0.717, 1.165) is 43.6 Å². The molecule has 3 heteroatoms. The minimum atomic E-state index is -0.206. The van der Waals surface area contributed by atoms with E-state index in [1.54, 1.807) is 0 Å². The van der Waals surface area contributed by atoms with Crippen molar-refractivity contribution in [2.75, 3.05) is 13.1 Å². The van der Waals surface area contributed by atoms with Gasteiger partial charge in [0.15, 0.2) is 0 Å². The smallest absolute Gasteiger partial charge is 0.0995 e. The Hall–Kier alpha value is -1.37. The normalized spacial score (nSPS) is 21.6.